The van der Waals surface area contributed by atoms with Gasteiger partial charge in [0.2, 0.25) is 0 Å². The number of nitrogens with two attached hydrogens (primary N) is 1. The Bertz CT molecular complexity index is 703. The number of fused-ring (bicyclic) bond motifs is 3. The van der Waals surface area contributed by atoms with Gasteiger partial charge in [0.25, 0.3) is 5.91 Å². The number of hydrogen-bond acceptors (Lipinski definition) is 4. The Hall–Kier alpha value is -2.50. The van der Waals surface area contributed by atoms with Gasteiger partial charge in [-0.15, -0.1) is 5.10 Å². The van der Waals surface area contributed by atoms with Gasteiger partial charge in [-0.2, -0.15) is 5.10 Å². The van der Waals surface area contributed by atoms with Crippen molar-refractivity contribution < 1.29 is 4.79 Å². The molecule has 6 heteroatoms. The lowest BCUT2D eigenvalue weighted by atomic mass is 10.3. The van der Waals surface area contributed by atoms with Crippen LogP contribution in [0.25, 0.3) is 16.4 Å². The third kappa shape index (κ3) is 1.07. The molecule has 1 amide bonds. The van der Waals surface area contributed by atoms with Crippen LogP contribution in [-0.4, -0.2) is 25.5 Å². The van der Waals surface area contributed by atoms with E-state index in [0.717, 1.165) is 10.9 Å². The highest BCUT2D eigenvalue weighted by atomic mass is 16.1. The van der Waals surface area contributed by atoms with E-state index in [2.05, 4.69) is 15.2 Å². The Labute approximate surface area is 89.7 Å². The molecule has 2 N–H and O–H groups in total. The molecule has 0 aliphatic carbocycles. The lowest BCUT2D eigenvalue weighted by Crippen LogP contribution is -2.14. The minimum atomic E-state index is -0.588. The van der Waals surface area contributed by atoms with Gasteiger partial charge in [-0.3, -0.25) is 9.78 Å². The maximum absolute atomic E-state index is 11.2. The number of nitrogens with zero attached hydrogens (tertiary/aromatic N) is 4. The molecular formula is C10H7N5O. The minimum absolute atomic E-state index is 0.170. The molecule has 0 radical (unpaired) electrons. The number of rotatable bonds is 1. The van der Waals surface area contributed by atoms with Gasteiger partial charge >= 0.3 is 0 Å². The van der Waals surface area contributed by atoms with E-state index in [-0.39, 0.29) is 5.69 Å². The molecule has 0 aliphatic rings. The predicted molar refractivity (Wildman–Crippen MR) is 56.8 cm³/mol. The monoisotopic (exact) mass is 213 g/mol. The van der Waals surface area contributed by atoms with Gasteiger partial charge in [0, 0.05) is 17.8 Å². The average molecular weight is 213 g/mol. The molecule has 0 bridgehead atoms. The van der Waals surface area contributed by atoms with Crippen molar-refractivity contribution in [1.29, 1.82) is 0 Å². The summed E-state index contributed by atoms with van der Waals surface area (Å²) in [6, 6.07) is 1.88. The molecule has 16 heavy (non-hydrogen) atoms. The maximum Gasteiger partial charge on any atom is 0.271 e. The lowest BCUT2D eigenvalue weighted by molar-refractivity contribution is 0.0996. The summed E-state index contributed by atoms with van der Waals surface area (Å²) < 4.78 is 1.82. The minimum Gasteiger partial charge on any atom is -0.364 e. The van der Waals surface area contributed by atoms with E-state index in [4.69, 9.17) is 5.73 Å². The predicted octanol–water partition coefficient (Wildman–Crippen LogP) is 0.376. The first kappa shape index (κ1) is 8.78. The molecule has 0 aromatic carbocycles. The van der Waals surface area contributed by atoms with Crippen LogP contribution in [0.1, 0.15) is 10.5 Å². The van der Waals surface area contributed by atoms with Gasteiger partial charge in [0.15, 0.2) is 5.69 Å². The Morgan fingerprint density at radius 1 is 1.38 bits per heavy atom. The number of amides is 1. The van der Waals surface area contributed by atoms with E-state index < -0.39 is 5.91 Å². The highest BCUT2D eigenvalue weighted by molar-refractivity contribution is 6.04. The number of aromatic nitrogens is 4. The van der Waals surface area contributed by atoms with Crippen LogP contribution in [0.5, 0.6) is 0 Å². The summed E-state index contributed by atoms with van der Waals surface area (Å²) in [5, 5.41) is 8.32. The summed E-state index contributed by atoms with van der Waals surface area (Å²) in [5.74, 6) is -0.588. The Kier molecular flexibility index (Phi) is 1.64. The summed E-state index contributed by atoms with van der Waals surface area (Å²) in [6.07, 6.45) is 6.68. The standard InChI is InChI=1S/C10H7N5O/c11-10(16)8-9-6(4-13-14-8)3-7-5-12-1-2-15(7)9/h1-5H,(H2,11,16). The van der Waals surface area contributed by atoms with Crippen LogP contribution in [0.15, 0.2) is 30.9 Å². The number of carbonyl (C=O) groups excluding carboxylic acids is 1. The van der Waals surface area contributed by atoms with Crippen molar-refractivity contribution in [1.82, 2.24) is 19.6 Å². The third-order valence-corrected chi connectivity index (χ3v) is 2.42. The van der Waals surface area contributed by atoms with Crippen molar-refractivity contribution in [3.63, 3.8) is 0 Å². The van der Waals surface area contributed by atoms with E-state index in [1.807, 2.05) is 10.5 Å². The van der Waals surface area contributed by atoms with Gasteiger partial charge in [0.1, 0.15) is 0 Å². The zero-order valence-corrected chi connectivity index (χ0v) is 8.16. The molecule has 3 aromatic rings. The van der Waals surface area contributed by atoms with E-state index in [0.29, 0.717) is 5.52 Å². The van der Waals surface area contributed by atoms with Crippen molar-refractivity contribution in [2.45, 2.75) is 0 Å². The van der Waals surface area contributed by atoms with Crippen molar-refractivity contribution in [3.8, 4) is 0 Å². The topological polar surface area (TPSA) is 86.2 Å². The second-order valence-electron chi connectivity index (χ2n) is 3.38. The zero-order chi connectivity index (χ0) is 11.1. The van der Waals surface area contributed by atoms with Crippen molar-refractivity contribution in [3.05, 3.63) is 36.5 Å². The van der Waals surface area contributed by atoms with Crippen molar-refractivity contribution >= 4 is 22.3 Å². The van der Waals surface area contributed by atoms with Gasteiger partial charge in [0.05, 0.1) is 23.4 Å². The fourth-order valence-corrected chi connectivity index (χ4v) is 1.76. The second kappa shape index (κ2) is 2.99. The maximum atomic E-state index is 11.2. The van der Waals surface area contributed by atoms with Gasteiger partial charge in [-0.25, -0.2) is 0 Å². The van der Waals surface area contributed by atoms with Crippen LogP contribution in [0.4, 0.5) is 0 Å². The van der Waals surface area contributed by atoms with Gasteiger partial charge < -0.3 is 10.1 Å². The molecule has 3 heterocycles. The fourth-order valence-electron chi connectivity index (χ4n) is 1.76. The van der Waals surface area contributed by atoms with E-state index >= 15 is 0 Å². The van der Waals surface area contributed by atoms with Crippen molar-refractivity contribution in [2.24, 2.45) is 5.73 Å². The molecule has 0 spiro atoms. The molecular weight excluding hydrogens is 206 g/mol. The highest BCUT2D eigenvalue weighted by Gasteiger charge is 2.13. The quantitative estimate of drug-likeness (QED) is 0.633. The number of primary amides is 1. The zero-order valence-electron chi connectivity index (χ0n) is 8.16. The van der Waals surface area contributed by atoms with Crippen LogP contribution in [0.3, 0.4) is 0 Å². The summed E-state index contributed by atoms with van der Waals surface area (Å²) in [4.78, 5) is 15.3. The number of carbonyl (C=O) groups is 1. The van der Waals surface area contributed by atoms with Crippen LogP contribution < -0.4 is 5.73 Å². The third-order valence-electron chi connectivity index (χ3n) is 2.42. The highest BCUT2D eigenvalue weighted by Crippen LogP contribution is 2.20. The van der Waals surface area contributed by atoms with Crippen LogP contribution >= 0.6 is 0 Å². The van der Waals surface area contributed by atoms with E-state index in [1.165, 1.54) is 0 Å². The molecule has 6 nitrogen and oxygen atoms in total. The normalized spacial score (nSPS) is 11.0. The van der Waals surface area contributed by atoms with Crippen LogP contribution in [0, 0.1) is 0 Å². The molecule has 3 rings (SSSR count). The van der Waals surface area contributed by atoms with Crippen LogP contribution in [-0.2, 0) is 0 Å². The average Bonchev–Trinajstić information content (AvgIpc) is 2.66. The van der Waals surface area contributed by atoms with E-state index in [9.17, 15) is 4.79 Å². The molecule has 3 aromatic heterocycles. The first-order valence-electron chi connectivity index (χ1n) is 4.63. The summed E-state index contributed by atoms with van der Waals surface area (Å²) in [6.45, 7) is 0. The second-order valence-corrected chi connectivity index (χ2v) is 3.38. The largest absolute Gasteiger partial charge is 0.364 e. The molecule has 0 saturated carbocycles. The van der Waals surface area contributed by atoms with Gasteiger partial charge in [-0.1, -0.05) is 0 Å². The molecule has 0 aliphatic heterocycles. The fraction of sp³-hybridized carbons (Fsp3) is 0. The van der Waals surface area contributed by atoms with Crippen molar-refractivity contribution in [2.75, 3.05) is 0 Å². The summed E-state index contributed by atoms with van der Waals surface area (Å²) >= 11 is 0. The summed E-state index contributed by atoms with van der Waals surface area (Å²) in [7, 11) is 0. The Morgan fingerprint density at radius 2 is 2.25 bits per heavy atom. The Balaban J connectivity index is 2.57. The molecule has 0 atom stereocenters. The molecule has 0 fully saturated rings. The molecule has 0 saturated heterocycles. The van der Waals surface area contributed by atoms with Gasteiger partial charge in [-0.05, 0) is 6.07 Å². The number of hydrogen-bond donors (Lipinski definition) is 1. The lowest BCUT2D eigenvalue weighted by Gasteiger charge is -1.98. The first-order valence-corrected chi connectivity index (χ1v) is 4.63. The first-order chi connectivity index (χ1) is 7.77. The summed E-state index contributed by atoms with van der Waals surface area (Å²) in [5.41, 5.74) is 6.97. The molecule has 78 valence electrons. The Morgan fingerprint density at radius 3 is 3.06 bits per heavy atom. The molecule has 0 unspecified atom stereocenters. The van der Waals surface area contributed by atoms with E-state index in [1.54, 1.807) is 24.8 Å². The SMILES string of the molecule is NC(=O)c1nncc2cc3cnccn3c12. The van der Waals surface area contributed by atoms with Crippen LogP contribution in [0.2, 0.25) is 0 Å². The smallest absolute Gasteiger partial charge is 0.271 e.